The van der Waals surface area contributed by atoms with Gasteiger partial charge in [0.05, 0.1) is 11.2 Å². The number of carbonyl (C=O) groups excluding carboxylic acids is 1. The Morgan fingerprint density at radius 3 is 2.83 bits per heavy atom. The predicted molar refractivity (Wildman–Crippen MR) is 85.1 cm³/mol. The Morgan fingerprint density at radius 1 is 1.35 bits per heavy atom. The second-order valence-electron chi connectivity index (χ2n) is 4.67. The van der Waals surface area contributed by atoms with Gasteiger partial charge in [0.25, 0.3) is 5.91 Å². The molecule has 1 aromatic carbocycles. The van der Waals surface area contributed by atoms with Gasteiger partial charge in [-0.2, -0.15) is 0 Å². The summed E-state index contributed by atoms with van der Waals surface area (Å²) in [7, 11) is 0. The van der Waals surface area contributed by atoms with Crippen LogP contribution in [-0.2, 0) is 4.79 Å². The van der Waals surface area contributed by atoms with Gasteiger partial charge in [-0.1, -0.05) is 0 Å². The van der Waals surface area contributed by atoms with Crippen LogP contribution in [-0.4, -0.2) is 22.5 Å². The highest BCUT2D eigenvalue weighted by Crippen LogP contribution is 2.34. The number of likely N-dealkylation sites (N-methyl/N-ethyl adjacent to an activating group) is 1. The lowest BCUT2D eigenvalue weighted by molar-refractivity contribution is -0.122. The molecule has 1 aliphatic rings. The molecule has 0 radical (unpaired) electrons. The van der Waals surface area contributed by atoms with E-state index in [9.17, 15) is 13.6 Å². The van der Waals surface area contributed by atoms with Crippen LogP contribution in [0, 0.1) is 11.6 Å². The van der Waals surface area contributed by atoms with Crippen LogP contribution in [0.1, 0.15) is 12.7 Å². The molecule has 7 heteroatoms. The van der Waals surface area contributed by atoms with Gasteiger partial charge in [0.1, 0.15) is 17.3 Å². The van der Waals surface area contributed by atoms with Crippen LogP contribution < -0.4 is 0 Å². The molecule has 4 nitrogen and oxygen atoms in total. The molecule has 1 saturated heterocycles. The van der Waals surface area contributed by atoms with Crippen molar-refractivity contribution >= 4 is 34.6 Å². The summed E-state index contributed by atoms with van der Waals surface area (Å²) in [5.74, 6) is -1.13. The third kappa shape index (κ3) is 3.19. The summed E-state index contributed by atoms with van der Waals surface area (Å²) in [6.45, 7) is 2.19. The Hall–Kier alpha value is -2.41. The van der Waals surface area contributed by atoms with E-state index in [4.69, 9.17) is 4.42 Å². The van der Waals surface area contributed by atoms with Gasteiger partial charge in [0, 0.05) is 18.7 Å². The number of rotatable bonds is 3. The van der Waals surface area contributed by atoms with Crippen molar-refractivity contribution in [1.29, 1.82) is 0 Å². The molecule has 23 heavy (non-hydrogen) atoms. The first-order chi connectivity index (χ1) is 11.1. The number of amidine groups is 1. The minimum Gasteiger partial charge on any atom is -0.465 e. The summed E-state index contributed by atoms with van der Waals surface area (Å²) in [5, 5.41) is 0.348. The molecule has 2 aromatic rings. The monoisotopic (exact) mass is 334 g/mol. The average molecular weight is 334 g/mol. The first-order valence-electron chi connectivity index (χ1n) is 6.87. The number of carbonyl (C=O) groups is 1. The first-order valence-corrected chi connectivity index (χ1v) is 7.69. The molecule has 118 valence electrons. The van der Waals surface area contributed by atoms with Crippen LogP contribution in [0.25, 0.3) is 6.08 Å². The highest BCUT2D eigenvalue weighted by Gasteiger charge is 2.32. The molecule has 1 fully saturated rings. The SMILES string of the molecule is CCN1C(=O)/C(=C\c2ccco2)SC1=Nc1ccc(F)cc1F. The van der Waals surface area contributed by atoms with Crippen molar-refractivity contribution in [2.75, 3.05) is 6.54 Å². The molecule has 0 atom stereocenters. The predicted octanol–water partition coefficient (Wildman–Crippen LogP) is 4.18. The molecule has 0 bridgehead atoms. The number of hydrogen-bond acceptors (Lipinski definition) is 4. The van der Waals surface area contributed by atoms with Crippen molar-refractivity contribution < 1.29 is 18.0 Å². The highest BCUT2D eigenvalue weighted by atomic mass is 32.2. The van der Waals surface area contributed by atoms with Gasteiger partial charge in [-0.3, -0.25) is 9.69 Å². The Bertz CT molecular complexity index is 800. The highest BCUT2D eigenvalue weighted by molar-refractivity contribution is 8.18. The summed E-state index contributed by atoms with van der Waals surface area (Å²) in [5.41, 5.74) is -0.0144. The van der Waals surface area contributed by atoms with E-state index in [1.54, 1.807) is 25.1 Å². The van der Waals surface area contributed by atoms with Crippen molar-refractivity contribution in [3.63, 3.8) is 0 Å². The van der Waals surface area contributed by atoms with E-state index in [1.807, 2.05) is 0 Å². The van der Waals surface area contributed by atoms with Gasteiger partial charge >= 0.3 is 0 Å². The fourth-order valence-electron chi connectivity index (χ4n) is 2.05. The fourth-order valence-corrected chi connectivity index (χ4v) is 3.08. The number of halogens is 2. The molecular formula is C16H12F2N2O2S. The molecule has 1 amide bonds. The number of nitrogens with zero attached hydrogens (tertiary/aromatic N) is 2. The summed E-state index contributed by atoms with van der Waals surface area (Å²) in [6, 6.07) is 6.57. The maximum absolute atomic E-state index is 13.7. The second-order valence-corrected chi connectivity index (χ2v) is 5.67. The molecule has 0 unspecified atom stereocenters. The number of hydrogen-bond donors (Lipinski definition) is 0. The van der Waals surface area contributed by atoms with Crippen molar-refractivity contribution in [2.45, 2.75) is 6.92 Å². The van der Waals surface area contributed by atoms with Crippen molar-refractivity contribution in [3.05, 3.63) is 58.9 Å². The number of benzene rings is 1. The van der Waals surface area contributed by atoms with Gasteiger partial charge < -0.3 is 4.42 Å². The molecule has 0 spiro atoms. The molecule has 3 rings (SSSR count). The Kier molecular flexibility index (Phi) is 4.29. The van der Waals surface area contributed by atoms with Crippen molar-refractivity contribution in [2.24, 2.45) is 4.99 Å². The van der Waals surface area contributed by atoms with Crippen LogP contribution in [0.3, 0.4) is 0 Å². The normalized spacial score (nSPS) is 18.4. The van der Waals surface area contributed by atoms with E-state index in [-0.39, 0.29) is 11.6 Å². The van der Waals surface area contributed by atoms with E-state index < -0.39 is 11.6 Å². The van der Waals surface area contributed by atoms with Crippen LogP contribution in [0.2, 0.25) is 0 Å². The molecular weight excluding hydrogens is 322 g/mol. The van der Waals surface area contributed by atoms with E-state index in [1.165, 1.54) is 17.2 Å². The lowest BCUT2D eigenvalue weighted by atomic mass is 10.3. The van der Waals surface area contributed by atoms with Crippen LogP contribution >= 0.6 is 11.8 Å². The zero-order chi connectivity index (χ0) is 16.4. The maximum Gasteiger partial charge on any atom is 0.266 e. The summed E-state index contributed by atoms with van der Waals surface area (Å²) in [4.78, 5) is 18.4. The van der Waals surface area contributed by atoms with E-state index >= 15 is 0 Å². The van der Waals surface area contributed by atoms with Gasteiger partial charge in [0.15, 0.2) is 11.0 Å². The third-order valence-corrected chi connectivity index (χ3v) is 4.15. The standard InChI is InChI=1S/C16H12F2N2O2S/c1-2-20-15(21)14(9-11-4-3-7-22-11)23-16(20)19-13-6-5-10(17)8-12(13)18/h3-9H,2H2,1H3/b14-9+,19-16?. The molecule has 0 N–H and O–H groups in total. The second kappa shape index (κ2) is 6.37. The third-order valence-electron chi connectivity index (χ3n) is 3.15. The average Bonchev–Trinajstić information content (AvgIpc) is 3.12. The molecule has 1 aromatic heterocycles. The summed E-state index contributed by atoms with van der Waals surface area (Å²) >= 11 is 1.12. The Morgan fingerprint density at radius 2 is 2.17 bits per heavy atom. The first kappa shape index (κ1) is 15.5. The number of thioether (sulfide) groups is 1. The van der Waals surface area contributed by atoms with Gasteiger partial charge in [-0.05, 0) is 43.0 Å². The molecule has 0 aliphatic carbocycles. The number of amides is 1. The number of furan rings is 1. The van der Waals surface area contributed by atoms with Crippen LogP contribution in [0.15, 0.2) is 50.9 Å². The van der Waals surface area contributed by atoms with Crippen molar-refractivity contribution in [3.8, 4) is 0 Å². The minimum atomic E-state index is -0.773. The van der Waals surface area contributed by atoms with E-state index in [2.05, 4.69) is 4.99 Å². The van der Waals surface area contributed by atoms with Gasteiger partial charge in [0.2, 0.25) is 0 Å². The van der Waals surface area contributed by atoms with Crippen LogP contribution in [0.5, 0.6) is 0 Å². The molecule has 1 aliphatic heterocycles. The van der Waals surface area contributed by atoms with Gasteiger partial charge in [-0.15, -0.1) is 0 Å². The Labute approximate surface area is 135 Å². The van der Waals surface area contributed by atoms with E-state index in [0.717, 1.165) is 23.9 Å². The summed E-state index contributed by atoms with van der Waals surface area (Å²) < 4.78 is 31.9. The van der Waals surface area contributed by atoms with Gasteiger partial charge in [-0.25, -0.2) is 13.8 Å². The lowest BCUT2D eigenvalue weighted by Gasteiger charge is -2.12. The zero-order valence-corrected chi connectivity index (χ0v) is 12.9. The molecule has 2 heterocycles. The Balaban J connectivity index is 1.95. The maximum atomic E-state index is 13.7. The lowest BCUT2D eigenvalue weighted by Crippen LogP contribution is -2.28. The quantitative estimate of drug-likeness (QED) is 0.791. The fraction of sp³-hybridized carbons (Fsp3) is 0.125. The zero-order valence-electron chi connectivity index (χ0n) is 12.1. The number of aliphatic imine (C=N–C) groups is 1. The smallest absolute Gasteiger partial charge is 0.266 e. The van der Waals surface area contributed by atoms with E-state index in [0.29, 0.717) is 22.4 Å². The van der Waals surface area contributed by atoms with Crippen molar-refractivity contribution in [1.82, 2.24) is 4.90 Å². The minimum absolute atomic E-state index is 0.0144. The largest absolute Gasteiger partial charge is 0.465 e. The molecule has 0 saturated carbocycles. The topological polar surface area (TPSA) is 45.8 Å². The van der Waals surface area contributed by atoms with Crippen LogP contribution in [0.4, 0.5) is 14.5 Å². The summed E-state index contributed by atoms with van der Waals surface area (Å²) in [6.07, 6.45) is 3.12.